The number of anilines is 1. The van der Waals surface area contributed by atoms with Gasteiger partial charge in [-0.25, -0.2) is 4.79 Å². The zero-order chi connectivity index (χ0) is 18.4. The Morgan fingerprint density at radius 1 is 1.08 bits per heavy atom. The minimum atomic E-state index is -1.27. The van der Waals surface area contributed by atoms with E-state index >= 15 is 0 Å². The predicted molar refractivity (Wildman–Crippen MR) is 98.2 cm³/mol. The lowest BCUT2D eigenvalue weighted by molar-refractivity contribution is -0.119. The van der Waals surface area contributed by atoms with Gasteiger partial charge in [0.05, 0.1) is 21.3 Å². The Kier molecular flexibility index (Phi) is 6.47. The van der Waals surface area contributed by atoms with Gasteiger partial charge in [-0.2, -0.15) is 0 Å². The first-order chi connectivity index (χ1) is 11.9. The third-order valence-electron chi connectivity index (χ3n) is 3.45. The Morgan fingerprint density at radius 3 is 2.36 bits per heavy atom. The van der Waals surface area contributed by atoms with Crippen molar-refractivity contribution in [2.45, 2.75) is 25.7 Å². The van der Waals surface area contributed by atoms with Gasteiger partial charge in [0, 0.05) is 11.4 Å². The maximum atomic E-state index is 12.2. The number of rotatable bonds is 6. The lowest BCUT2D eigenvalue weighted by atomic mass is 10.1. The maximum Gasteiger partial charge on any atom is 0.339 e. The summed E-state index contributed by atoms with van der Waals surface area (Å²) in [6, 6.07) is 12.2. The van der Waals surface area contributed by atoms with Crippen LogP contribution < -0.4 is 5.32 Å². The van der Waals surface area contributed by atoms with E-state index < -0.39 is 29.3 Å². The van der Waals surface area contributed by atoms with Crippen LogP contribution in [0.15, 0.2) is 47.4 Å². The van der Waals surface area contributed by atoms with Crippen molar-refractivity contribution in [2.24, 2.45) is 0 Å². The summed E-state index contributed by atoms with van der Waals surface area (Å²) < 4.78 is 17.1. The monoisotopic (exact) mass is 359 g/mol. The topological polar surface area (TPSA) is 72.5 Å². The SMILES string of the molecule is CC[S@](=O)c1ccccc1C(=O)OCC(=O)Nc1cc(C)cc(C)c1. The quantitative estimate of drug-likeness (QED) is 0.804. The van der Waals surface area contributed by atoms with E-state index in [0.29, 0.717) is 16.3 Å². The van der Waals surface area contributed by atoms with Gasteiger partial charge in [0.25, 0.3) is 5.91 Å². The highest BCUT2D eigenvalue weighted by atomic mass is 32.2. The molecule has 2 aromatic carbocycles. The van der Waals surface area contributed by atoms with Crippen LogP contribution in [0.2, 0.25) is 0 Å². The second kappa shape index (κ2) is 8.58. The van der Waals surface area contributed by atoms with Crippen LogP contribution >= 0.6 is 0 Å². The van der Waals surface area contributed by atoms with E-state index in [4.69, 9.17) is 4.74 Å². The van der Waals surface area contributed by atoms with Crippen molar-refractivity contribution in [2.75, 3.05) is 17.7 Å². The number of esters is 1. The fourth-order valence-electron chi connectivity index (χ4n) is 2.44. The van der Waals surface area contributed by atoms with Crippen molar-refractivity contribution in [1.29, 1.82) is 0 Å². The highest BCUT2D eigenvalue weighted by molar-refractivity contribution is 7.85. The molecule has 0 spiro atoms. The molecule has 0 aliphatic rings. The van der Waals surface area contributed by atoms with E-state index in [2.05, 4.69) is 5.32 Å². The molecule has 0 bridgehead atoms. The van der Waals surface area contributed by atoms with Gasteiger partial charge in [0.2, 0.25) is 0 Å². The van der Waals surface area contributed by atoms with Gasteiger partial charge < -0.3 is 10.1 Å². The third-order valence-corrected chi connectivity index (χ3v) is 4.83. The Balaban J connectivity index is 2.00. The summed E-state index contributed by atoms with van der Waals surface area (Å²) in [5, 5.41) is 2.70. The first-order valence-electron chi connectivity index (χ1n) is 7.93. The van der Waals surface area contributed by atoms with Crippen LogP contribution in [-0.4, -0.2) is 28.4 Å². The molecule has 6 heteroatoms. The summed E-state index contributed by atoms with van der Waals surface area (Å²) in [6.45, 7) is 5.25. The molecule has 0 aromatic heterocycles. The second-order valence-corrected chi connectivity index (χ2v) is 7.34. The van der Waals surface area contributed by atoms with Gasteiger partial charge in [0.15, 0.2) is 6.61 Å². The van der Waals surface area contributed by atoms with E-state index in [1.807, 2.05) is 32.0 Å². The molecule has 132 valence electrons. The second-order valence-electron chi connectivity index (χ2n) is 5.63. The Labute approximate surface area is 149 Å². The fraction of sp³-hybridized carbons (Fsp3) is 0.263. The van der Waals surface area contributed by atoms with Crippen molar-refractivity contribution in [3.05, 3.63) is 59.2 Å². The zero-order valence-electron chi connectivity index (χ0n) is 14.5. The molecule has 2 aromatic rings. The summed E-state index contributed by atoms with van der Waals surface area (Å²) >= 11 is 0. The average Bonchev–Trinajstić information content (AvgIpc) is 2.58. The average molecular weight is 359 g/mol. The number of aryl methyl sites for hydroxylation is 2. The van der Waals surface area contributed by atoms with Crippen molar-refractivity contribution in [3.63, 3.8) is 0 Å². The number of benzene rings is 2. The molecule has 25 heavy (non-hydrogen) atoms. The molecule has 0 saturated heterocycles. The summed E-state index contributed by atoms with van der Waals surface area (Å²) in [5.74, 6) is -0.683. The summed E-state index contributed by atoms with van der Waals surface area (Å²) in [5.41, 5.74) is 2.94. The van der Waals surface area contributed by atoms with Gasteiger partial charge in [0.1, 0.15) is 0 Å². The zero-order valence-corrected chi connectivity index (χ0v) is 15.3. The van der Waals surface area contributed by atoms with Crippen LogP contribution in [0.3, 0.4) is 0 Å². The first kappa shape index (κ1) is 18.9. The van der Waals surface area contributed by atoms with Crippen molar-refractivity contribution in [3.8, 4) is 0 Å². The number of hydrogen-bond donors (Lipinski definition) is 1. The number of carbonyl (C=O) groups is 2. The van der Waals surface area contributed by atoms with Gasteiger partial charge in [-0.15, -0.1) is 0 Å². The molecule has 1 amide bonds. The van der Waals surface area contributed by atoms with Crippen molar-refractivity contribution < 1.29 is 18.5 Å². The Hall–Kier alpha value is -2.47. The fourth-order valence-corrected chi connectivity index (χ4v) is 3.38. The van der Waals surface area contributed by atoms with Crippen LogP contribution in [0.1, 0.15) is 28.4 Å². The molecule has 0 unspecified atom stereocenters. The summed E-state index contributed by atoms with van der Waals surface area (Å²) in [6.07, 6.45) is 0. The molecule has 5 nitrogen and oxygen atoms in total. The molecule has 0 fully saturated rings. The lowest BCUT2D eigenvalue weighted by Gasteiger charge is -2.10. The largest absolute Gasteiger partial charge is 0.452 e. The molecule has 0 aliphatic heterocycles. The first-order valence-corrected chi connectivity index (χ1v) is 9.25. The van der Waals surface area contributed by atoms with E-state index in [9.17, 15) is 13.8 Å². The summed E-state index contributed by atoms with van der Waals surface area (Å²) in [4.78, 5) is 24.6. The van der Waals surface area contributed by atoms with Crippen molar-refractivity contribution in [1.82, 2.24) is 0 Å². The molecule has 0 radical (unpaired) electrons. The number of nitrogens with one attached hydrogen (secondary N) is 1. The maximum absolute atomic E-state index is 12.2. The van der Waals surface area contributed by atoms with E-state index in [-0.39, 0.29) is 5.56 Å². The molecular formula is C19H21NO4S. The molecule has 0 saturated carbocycles. The van der Waals surface area contributed by atoms with Crippen LogP contribution in [0.25, 0.3) is 0 Å². The number of hydrogen-bond acceptors (Lipinski definition) is 4. The number of amides is 1. The number of carbonyl (C=O) groups excluding carboxylic acids is 2. The smallest absolute Gasteiger partial charge is 0.339 e. The van der Waals surface area contributed by atoms with E-state index in [0.717, 1.165) is 11.1 Å². The van der Waals surface area contributed by atoms with Gasteiger partial charge >= 0.3 is 5.97 Å². The molecule has 0 heterocycles. The highest BCUT2D eigenvalue weighted by Gasteiger charge is 2.17. The van der Waals surface area contributed by atoms with E-state index in [1.54, 1.807) is 31.2 Å². The third kappa shape index (κ3) is 5.26. The molecule has 0 aliphatic carbocycles. The minimum absolute atomic E-state index is 0.224. The minimum Gasteiger partial charge on any atom is -0.452 e. The highest BCUT2D eigenvalue weighted by Crippen LogP contribution is 2.16. The van der Waals surface area contributed by atoms with E-state index in [1.165, 1.54) is 0 Å². The van der Waals surface area contributed by atoms with Crippen LogP contribution in [0, 0.1) is 13.8 Å². The Bertz CT molecular complexity index is 797. The van der Waals surface area contributed by atoms with Gasteiger partial charge in [-0.1, -0.05) is 25.1 Å². The van der Waals surface area contributed by atoms with Crippen molar-refractivity contribution >= 4 is 28.4 Å². The molecule has 2 rings (SSSR count). The van der Waals surface area contributed by atoms with Crippen LogP contribution in [-0.2, 0) is 20.3 Å². The number of ether oxygens (including phenoxy) is 1. The van der Waals surface area contributed by atoms with Gasteiger partial charge in [-0.3, -0.25) is 9.00 Å². The lowest BCUT2D eigenvalue weighted by Crippen LogP contribution is -2.21. The predicted octanol–water partition coefficient (Wildman–Crippen LogP) is 3.23. The molecule has 1 atom stereocenters. The molecular weight excluding hydrogens is 338 g/mol. The Morgan fingerprint density at radius 2 is 1.72 bits per heavy atom. The van der Waals surface area contributed by atoms with Crippen LogP contribution in [0.4, 0.5) is 5.69 Å². The normalized spacial score (nSPS) is 11.6. The standard InChI is InChI=1S/C19H21NO4S/c1-4-25(23)17-8-6-5-7-16(17)19(22)24-12-18(21)20-15-10-13(2)9-14(3)11-15/h5-11H,4,12H2,1-3H3,(H,20,21)/t25-/m0/s1. The molecule has 1 N–H and O–H groups in total. The van der Waals surface area contributed by atoms with Crippen LogP contribution in [0.5, 0.6) is 0 Å². The summed E-state index contributed by atoms with van der Waals surface area (Å²) in [7, 11) is -1.27. The van der Waals surface area contributed by atoms with Gasteiger partial charge in [-0.05, 0) is 49.2 Å².